The van der Waals surface area contributed by atoms with Gasteiger partial charge < -0.3 is 14.5 Å². The monoisotopic (exact) mass is 274 g/mol. The third-order valence-corrected chi connectivity index (χ3v) is 3.20. The maximum atomic E-state index is 11.1. The minimum Gasteiger partial charge on any atom is -0.480 e. The van der Waals surface area contributed by atoms with Crippen molar-refractivity contribution in [3.05, 3.63) is 47.3 Å². The number of aliphatic carboxylic acids is 1. The maximum absolute atomic E-state index is 11.1. The fourth-order valence-corrected chi connectivity index (χ4v) is 2.15. The van der Waals surface area contributed by atoms with Crippen LogP contribution in [0.2, 0.25) is 0 Å². The number of para-hydroxylation sites is 1. The van der Waals surface area contributed by atoms with E-state index in [9.17, 15) is 4.79 Å². The molecule has 0 spiro atoms. The molecule has 1 aromatic heterocycles. The lowest BCUT2D eigenvalue weighted by Crippen LogP contribution is -2.29. The number of hydrogen-bond acceptors (Lipinski definition) is 4. The highest BCUT2D eigenvalue weighted by Gasteiger charge is 2.17. The summed E-state index contributed by atoms with van der Waals surface area (Å²) in [5.74, 6) is -0.117. The molecule has 0 unspecified atom stereocenters. The van der Waals surface area contributed by atoms with E-state index < -0.39 is 5.97 Å². The molecular weight excluding hydrogens is 256 g/mol. The molecular formula is C15H18N2O3. The fraction of sp³-hybridized carbons (Fsp3) is 0.333. The third kappa shape index (κ3) is 3.17. The Balaban J connectivity index is 2.28. The summed E-state index contributed by atoms with van der Waals surface area (Å²) in [7, 11) is 0. The number of anilines is 1. The lowest BCUT2D eigenvalue weighted by Gasteiger charge is -2.22. The summed E-state index contributed by atoms with van der Waals surface area (Å²) in [6.07, 6.45) is 0.766. The van der Waals surface area contributed by atoms with Crippen molar-refractivity contribution in [3.63, 3.8) is 0 Å². The summed E-state index contributed by atoms with van der Waals surface area (Å²) in [4.78, 5) is 12.9. The van der Waals surface area contributed by atoms with Gasteiger partial charge in [-0.3, -0.25) is 4.79 Å². The molecule has 1 N–H and O–H groups in total. The Bertz CT molecular complexity index is 578. The first-order chi connectivity index (χ1) is 9.61. The summed E-state index contributed by atoms with van der Waals surface area (Å²) < 4.78 is 5.20. The van der Waals surface area contributed by atoms with E-state index in [2.05, 4.69) is 5.16 Å². The SMILES string of the molecule is CCc1noc(C)c1CN(CC(=O)O)c1ccccc1. The minimum atomic E-state index is -0.860. The Labute approximate surface area is 117 Å². The molecule has 5 heteroatoms. The minimum absolute atomic E-state index is 0.0578. The lowest BCUT2D eigenvalue weighted by molar-refractivity contribution is -0.135. The molecule has 0 amide bonds. The van der Waals surface area contributed by atoms with Gasteiger partial charge >= 0.3 is 5.97 Å². The molecule has 2 rings (SSSR count). The molecule has 0 aliphatic heterocycles. The molecule has 0 aliphatic carbocycles. The van der Waals surface area contributed by atoms with Crippen molar-refractivity contribution in [2.75, 3.05) is 11.4 Å². The number of carbonyl (C=O) groups is 1. The lowest BCUT2D eigenvalue weighted by atomic mass is 10.1. The number of carboxylic acids is 1. The number of aromatic nitrogens is 1. The second-order valence-corrected chi connectivity index (χ2v) is 4.60. The van der Waals surface area contributed by atoms with Crippen LogP contribution in [0.3, 0.4) is 0 Å². The van der Waals surface area contributed by atoms with E-state index >= 15 is 0 Å². The number of aryl methyl sites for hydroxylation is 2. The molecule has 0 atom stereocenters. The van der Waals surface area contributed by atoms with Crippen LogP contribution in [-0.4, -0.2) is 22.8 Å². The van der Waals surface area contributed by atoms with Gasteiger partial charge in [0.15, 0.2) is 0 Å². The molecule has 20 heavy (non-hydrogen) atoms. The summed E-state index contributed by atoms with van der Waals surface area (Å²) in [6.45, 7) is 4.28. The van der Waals surface area contributed by atoms with E-state index in [0.29, 0.717) is 6.54 Å². The zero-order valence-electron chi connectivity index (χ0n) is 11.7. The molecule has 0 bridgehead atoms. The highest BCUT2D eigenvalue weighted by Crippen LogP contribution is 2.21. The summed E-state index contributed by atoms with van der Waals surface area (Å²) in [6, 6.07) is 9.50. The van der Waals surface area contributed by atoms with Crippen LogP contribution in [0.25, 0.3) is 0 Å². The Kier molecular flexibility index (Phi) is 4.40. The third-order valence-electron chi connectivity index (χ3n) is 3.20. The van der Waals surface area contributed by atoms with Crippen molar-refractivity contribution in [3.8, 4) is 0 Å². The van der Waals surface area contributed by atoms with Gasteiger partial charge in [0.25, 0.3) is 0 Å². The molecule has 0 saturated carbocycles. The molecule has 0 radical (unpaired) electrons. The van der Waals surface area contributed by atoms with Crippen molar-refractivity contribution in [2.24, 2.45) is 0 Å². The van der Waals surface area contributed by atoms with Crippen molar-refractivity contribution in [1.29, 1.82) is 0 Å². The predicted molar refractivity (Wildman–Crippen MR) is 75.7 cm³/mol. The van der Waals surface area contributed by atoms with Gasteiger partial charge in [0.1, 0.15) is 12.3 Å². The Hall–Kier alpha value is -2.30. The zero-order chi connectivity index (χ0) is 14.5. The summed E-state index contributed by atoms with van der Waals surface area (Å²) in [5, 5.41) is 13.1. The highest BCUT2D eigenvalue weighted by molar-refractivity contribution is 5.73. The summed E-state index contributed by atoms with van der Waals surface area (Å²) >= 11 is 0. The average molecular weight is 274 g/mol. The smallest absolute Gasteiger partial charge is 0.323 e. The standard InChI is InChI=1S/C15H18N2O3/c1-3-14-13(11(2)20-16-14)9-17(10-15(18)19)12-7-5-4-6-8-12/h4-8H,3,9-10H2,1-2H3,(H,18,19). The Morgan fingerprint density at radius 2 is 2.05 bits per heavy atom. The molecule has 106 valence electrons. The molecule has 2 aromatic rings. The van der Waals surface area contributed by atoms with Crippen LogP contribution >= 0.6 is 0 Å². The number of nitrogens with zero attached hydrogens (tertiary/aromatic N) is 2. The molecule has 1 heterocycles. The van der Waals surface area contributed by atoms with Crippen molar-refractivity contribution in [2.45, 2.75) is 26.8 Å². The molecule has 5 nitrogen and oxygen atoms in total. The largest absolute Gasteiger partial charge is 0.480 e. The topological polar surface area (TPSA) is 66.6 Å². The van der Waals surface area contributed by atoms with Crippen molar-refractivity contribution in [1.82, 2.24) is 5.16 Å². The van der Waals surface area contributed by atoms with Crippen LogP contribution in [0.1, 0.15) is 23.9 Å². The number of hydrogen-bond donors (Lipinski definition) is 1. The van der Waals surface area contributed by atoms with Crippen molar-refractivity contribution >= 4 is 11.7 Å². The first-order valence-electron chi connectivity index (χ1n) is 6.57. The van der Waals surface area contributed by atoms with E-state index in [1.165, 1.54) is 0 Å². The van der Waals surface area contributed by atoms with Crippen LogP contribution in [0.4, 0.5) is 5.69 Å². The second-order valence-electron chi connectivity index (χ2n) is 4.60. The quantitative estimate of drug-likeness (QED) is 0.877. The van der Waals surface area contributed by atoms with Crippen LogP contribution in [-0.2, 0) is 17.8 Å². The van der Waals surface area contributed by atoms with E-state index in [0.717, 1.165) is 29.1 Å². The second kappa shape index (κ2) is 6.23. The van der Waals surface area contributed by atoms with E-state index in [-0.39, 0.29) is 6.54 Å². The highest BCUT2D eigenvalue weighted by atomic mass is 16.5. The maximum Gasteiger partial charge on any atom is 0.323 e. The van der Waals surface area contributed by atoms with Gasteiger partial charge in [0.05, 0.1) is 5.69 Å². The van der Waals surface area contributed by atoms with E-state index in [4.69, 9.17) is 9.63 Å². The van der Waals surface area contributed by atoms with Gasteiger partial charge in [0.2, 0.25) is 0 Å². The van der Waals surface area contributed by atoms with Gasteiger partial charge in [0, 0.05) is 17.8 Å². The Morgan fingerprint density at radius 1 is 1.35 bits per heavy atom. The van der Waals surface area contributed by atoms with Gasteiger partial charge in [-0.15, -0.1) is 0 Å². The number of carboxylic acid groups (broad SMARTS) is 1. The van der Waals surface area contributed by atoms with Gasteiger partial charge in [-0.1, -0.05) is 30.3 Å². The molecule has 0 aliphatic rings. The van der Waals surface area contributed by atoms with Crippen LogP contribution < -0.4 is 4.90 Å². The first-order valence-corrected chi connectivity index (χ1v) is 6.57. The number of rotatable bonds is 6. The first kappa shape index (κ1) is 14.1. The van der Waals surface area contributed by atoms with Gasteiger partial charge in [-0.2, -0.15) is 0 Å². The van der Waals surface area contributed by atoms with Gasteiger partial charge in [-0.25, -0.2) is 0 Å². The molecule has 0 fully saturated rings. The van der Waals surface area contributed by atoms with E-state index in [1.807, 2.05) is 44.2 Å². The molecule has 1 aromatic carbocycles. The molecule has 0 saturated heterocycles. The van der Waals surface area contributed by atoms with Crippen LogP contribution in [0, 0.1) is 6.92 Å². The normalized spacial score (nSPS) is 10.5. The van der Waals surface area contributed by atoms with Crippen LogP contribution in [0.15, 0.2) is 34.9 Å². The number of benzene rings is 1. The predicted octanol–water partition coefficient (Wildman–Crippen LogP) is 2.64. The Morgan fingerprint density at radius 3 is 2.65 bits per heavy atom. The van der Waals surface area contributed by atoms with Crippen LogP contribution in [0.5, 0.6) is 0 Å². The summed E-state index contributed by atoms with van der Waals surface area (Å²) in [5.41, 5.74) is 2.73. The zero-order valence-corrected chi connectivity index (χ0v) is 11.7. The van der Waals surface area contributed by atoms with Gasteiger partial charge in [-0.05, 0) is 25.5 Å². The average Bonchev–Trinajstić information content (AvgIpc) is 2.79. The fourth-order valence-electron chi connectivity index (χ4n) is 2.15. The van der Waals surface area contributed by atoms with E-state index in [1.54, 1.807) is 4.90 Å². The van der Waals surface area contributed by atoms with Crippen molar-refractivity contribution < 1.29 is 14.4 Å².